The number of rotatable bonds is 34. The van der Waals surface area contributed by atoms with Gasteiger partial charge in [-0.2, -0.15) is 0 Å². The first-order valence-corrected chi connectivity index (χ1v) is 36.1. The van der Waals surface area contributed by atoms with Crippen LogP contribution in [0.25, 0.3) is 0 Å². The van der Waals surface area contributed by atoms with Crippen LogP contribution in [0.15, 0.2) is 97.1 Å². The largest absolute Gasteiger partial charge is 0.491 e. The van der Waals surface area contributed by atoms with Gasteiger partial charge in [0.1, 0.15) is 34.5 Å². The Morgan fingerprint density at radius 1 is 0.390 bits per heavy atom. The number of ether oxygens (including phenoxy) is 7. The smallest absolute Gasteiger partial charge is 0.337 e. The summed E-state index contributed by atoms with van der Waals surface area (Å²) in [6.45, 7) is 35.1. The van der Waals surface area contributed by atoms with Crippen LogP contribution >= 0.6 is 0 Å². The zero-order valence-corrected chi connectivity index (χ0v) is 62.7. The second-order valence-corrected chi connectivity index (χ2v) is 29.2. The van der Waals surface area contributed by atoms with Gasteiger partial charge in [0.2, 0.25) is 0 Å². The molecule has 0 radical (unpaired) electrons. The van der Waals surface area contributed by atoms with Gasteiger partial charge in [0.25, 0.3) is 23.6 Å². The van der Waals surface area contributed by atoms with Crippen LogP contribution in [0.5, 0.6) is 34.5 Å². The van der Waals surface area contributed by atoms with Gasteiger partial charge in [-0.1, -0.05) is 174 Å². The summed E-state index contributed by atoms with van der Waals surface area (Å²) in [7, 11) is 2.63. The Labute approximate surface area is 594 Å². The molecule has 4 unspecified atom stereocenters. The predicted octanol–water partition coefficient (Wildman–Crippen LogP) is 20.1. The van der Waals surface area contributed by atoms with Crippen molar-refractivity contribution < 1.29 is 61.9 Å². The number of benzene rings is 6. The average Bonchev–Trinajstić information content (AvgIpc) is 0.718. The number of nitrogens with one attached hydrogen (secondary N) is 4. The highest BCUT2D eigenvalue weighted by Gasteiger charge is 2.41. The minimum absolute atomic E-state index is 0.189. The molecule has 100 heavy (non-hydrogen) atoms. The molecular formula is C83H110N4O13. The summed E-state index contributed by atoms with van der Waals surface area (Å²) < 4.78 is 43.1. The molecule has 7 rings (SSSR count). The lowest BCUT2D eigenvalue weighted by Crippen LogP contribution is -2.30. The number of carbonyl (C=O) groups excluding carboxylic acids is 6. The quantitative estimate of drug-likeness (QED) is 0.0277. The summed E-state index contributed by atoms with van der Waals surface area (Å²) in [5.41, 5.74) is 4.32. The first-order valence-electron chi connectivity index (χ1n) is 36.1. The molecular weight excluding hydrogens is 1260 g/mol. The van der Waals surface area contributed by atoms with Crippen LogP contribution in [-0.4, -0.2) is 76.2 Å². The van der Waals surface area contributed by atoms with E-state index in [2.05, 4.69) is 144 Å². The second-order valence-electron chi connectivity index (χ2n) is 29.2. The van der Waals surface area contributed by atoms with Crippen molar-refractivity contribution in [1.29, 1.82) is 0 Å². The van der Waals surface area contributed by atoms with Crippen molar-refractivity contribution in [1.82, 2.24) is 0 Å². The number of hydrogen-bond acceptors (Lipinski definition) is 13. The molecule has 4 amide bonds. The Bertz CT molecular complexity index is 3610. The van der Waals surface area contributed by atoms with Crippen molar-refractivity contribution in [2.75, 3.05) is 61.9 Å². The van der Waals surface area contributed by atoms with Gasteiger partial charge in [-0.15, -0.1) is 0 Å². The molecule has 1 aliphatic rings. The highest BCUT2D eigenvalue weighted by molar-refractivity contribution is 6.11. The Kier molecular flexibility index (Phi) is 27.8. The van der Waals surface area contributed by atoms with Crippen molar-refractivity contribution in [3.63, 3.8) is 0 Å². The Hall–Kier alpha value is -8.86. The minimum atomic E-state index is -0.861. The fraction of sp³-hybridized carbons (Fsp3) is 0.494. The number of hydrogen-bond donors (Lipinski definition) is 4. The third-order valence-corrected chi connectivity index (χ3v) is 19.2. The Balaban J connectivity index is 1.29. The standard InChI is InChI=1S/C83H110N4O13/c1-19-27-51(23-5)47-96-69-39-55(75(88)84-65-37-33-57(79(92)94-17)41-71(65)98-49-53(25-7)29-21-3)31-35-67(69)86-77(90)61-43-59(81(9,10)11)45-63-73(61)100-74-62(44-60(82(12,13)14)46-64(74)83(63,15)16)78(91)87-68-36-32-56(40-70(68)97-48-52(24-6)28-20-2)76(89)85-66-38-34-58(80(93)95-18)42-72(66)99-50-54(26-8)30-22-4/h31-46,51-54H,19-30,47-50H2,1-18H3,(H,84,88)(H,85,89)(H,86,90)(H,87,91). The number of esters is 2. The van der Waals surface area contributed by atoms with Crippen LogP contribution < -0.4 is 45.0 Å². The SMILES string of the molecule is CCCC(CC)COc1cc(C(=O)OC)ccc1NC(=O)c1ccc(NC(=O)c2cc(C(C)(C)C)cc3c2Oc2c(C(=O)Nc4ccc(C(=O)Nc5ccc(C(=O)OC)cc5OCC(CC)CCC)cc4OCC(CC)CCC)cc(C(C)(C)C)cc2C3(C)C)c(OCC(CC)CCC)c1. The molecule has 0 saturated heterocycles. The van der Waals surface area contributed by atoms with Gasteiger partial charge in [0, 0.05) is 27.7 Å². The molecule has 1 aliphatic heterocycles. The molecule has 17 heteroatoms. The lowest BCUT2D eigenvalue weighted by atomic mass is 9.70. The van der Waals surface area contributed by atoms with E-state index >= 15 is 9.59 Å². The monoisotopic (exact) mass is 1370 g/mol. The molecule has 1 heterocycles. The molecule has 4 N–H and O–H groups in total. The second kappa shape index (κ2) is 35.5. The minimum Gasteiger partial charge on any atom is -0.491 e. The molecule has 0 bridgehead atoms. The van der Waals surface area contributed by atoms with Crippen molar-refractivity contribution in [2.45, 2.75) is 204 Å². The van der Waals surface area contributed by atoms with Gasteiger partial charge in [0.05, 0.1) is 85.7 Å². The summed E-state index contributed by atoms with van der Waals surface area (Å²) in [5, 5.41) is 12.4. The van der Waals surface area contributed by atoms with Crippen LogP contribution in [0.2, 0.25) is 0 Å². The lowest BCUT2D eigenvalue weighted by molar-refractivity contribution is 0.0591. The highest BCUT2D eigenvalue weighted by atomic mass is 16.5. The topological polar surface area (TPSA) is 215 Å². The zero-order valence-electron chi connectivity index (χ0n) is 62.7. The summed E-state index contributed by atoms with van der Waals surface area (Å²) in [4.78, 5) is 85.5. The molecule has 6 aromatic rings. The van der Waals surface area contributed by atoms with Crippen LogP contribution in [0.3, 0.4) is 0 Å². The highest BCUT2D eigenvalue weighted by Crippen LogP contribution is 2.53. The fourth-order valence-corrected chi connectivity index (χ4v) is 12.5. The van der Waals surface area contributed by atoms with Gasteiger partial charge < -0.3 is 54.4 Å². The van der Waals surface area contributed by atoms with Gasteiger partial charge in [-0.05, 0) is 156 Å². The van der Waals surface area contributed by atoms with Crippen molar-refractivity contribution in [3.8, 4) is 34.5 Å². The van der Waals surface area contributed by atoms with E-state index in [0.717, 1.165) is 99.3 Å². The first kappa shape index (κ1) is 78.5. The number of amides is 4. The summed E-state index contributed by atoms with van der Waals surface area (Å²) in [6.07, 6.45) is 11.1. The summed E-state index contributed by atoms with van der Waals surface area (Å²) in [6, 6.07) is 27.2. The van der Waals surface area contributed by atoms with Crippen molar-refractivity contribution in [2.24, 2.45) is 23.7 Å². The van der Waals surface area contributed by atoms with Gasteiger partial charge in [-0.3, -0.25) is 19.2 Å². The van der Waals surface area contributed by atoms with Gasteiger partial charge >= 0.3 is 11.9 Å². The van der Waals surface area contributed by atoms with E-state index in [1.54, 1.807) is 72.8 Å². The predicted molar refractivity (Wildman–Crippen MR) is 399 cm³/mol. The van der Waals surface area contributed by atoms with E-state index in [1.165, 1.54) is 14.2 Å². The van der Waals surface area contributed by atoms with E-state index in [-0.39, 0.29) is 80.1 Å². The third kappa shape index (κ3) is 19.8. The number of fused-ring (bicyclic) bond motifs is 2. The molecule has 6 aromatic carbocycles. The number of carbonyl (C=O) groups is 6. The zero-order chi connectivity index (χ0) is 73.2. The average molecular weight is 1370 g/mol. The molecule has 17 nitrogen and oxygen atoms in total. The molecule has 0 fully saturated rings. The third-order valence-electron chi connectivity index (χ3n) is 19.2. The van der Waals surface area contributed by atoms with Crippen LogP contribution in [0.1, 0.15) is 272 Å². The van der Waals surface area contributed by atoms with E-state index in [4.69, 9.17) is 33.2 Å². The van der Waals surface area contributed by atoms with Crippen molar-refractivity contribution >= 4 is 58.3 Å². The molecule has 0 spiro atoms. The van der Waals surface area contributed by atoms with E-state index in [9.17, 15) is 19.2 Å². The van der Waals surface area contributed by atoms with Crippen LogP contribution in [0.4, 0.5) is 22.7 Å². The van der Waals surface area contributed by atoms with E-state index in [0.29, 0.717) is 60.7 Å². The lowest BCUT2D eigenvalue weighted by Gasteiger charge is -2.38. The summed E-state index contributed by atoms with van der Waals surface area (Å²) >= 11 is 0. The molecule has 4 atom stereocenters. The molecule has 0 saturated carbocycles. The maximum Gasteiger partial charge on any atom is 0.337 e. The Morgan fingerprint density at radius 3 is 0.920 bits per heavy atom. The van der Waals surface area contributed by atoms with Crippen LogP contribution in [-0.2, 0) is 25.7 Å². The van der Waals surface area contributed by atoms with Gasteiger partial charge in [0.15, 0.2) is 0 Å². The molecule has 0 aromatic heterocycles. The van der Waals surface area contributed by atoms with Gasteiger partial charge in [-0.25, -0.2) is 9.59 Å². The van der Waals surface area contributed by atoms with Crippen LogP contribution in [0, 0.1) is 23.7 Å². The summed E-state index contributed by atoms with van der Waals surface area (Å²) in [5.74, 6) is -0.380. The maximum absolute atomic E-state index is 15.6. The number of methoxy groups -OCH3 is 2. The molecule has 0 aliphatic carbocycles. The Morgan fingerprint density at radius 2 is 0.660 bits per heavy atom. The maximum atomic E-state index is 15.6. The fourth-order valence-electron chi connectivity index (χ4n) is 12.5. The van der Waals surface area contributed by atoms with E-state index < -0.39 is 51.8 Å². The van der Waals surface area contributed by atoms with Crippen molar-refractivity contribution in [3.05, 3.63) is 153 Å². The first-order chi connectivity index (χ1) is 47.6. The van der Waals surface area contributed by atoms with E-state index in [1.807, 2.05) is 12.1 Å². The normalized spacial score (nSPS) is 13.6. The molecule has 540 valence electrons. The number of anilines is 4.